The standard InChI is InChI=1S/C15H15ClN2O/c1-18(14-5-3-2-4-6-14)17-15(19)11-12-7-9-13(16)10-8-12/h2-10H,11H2,1H3,(H,17,19). The van der Waals surface area contributed by atoms with E-state index in [1.807, 2.05) is 49.5 Å². The predicted octanol–water partition coefficient (Wildman–Crippen LogP) is 3.05. The summed E-state index contributed by atoms with van der Waals surface area (Å²) in [6.07, 6.45) is 0.328. The van der Waals surface area contributed by atoms with Crippen LogP contribution in [0.3, 0.4) is 0 Å². The molecule has 1 N–H and O–H groups in total. The number of carbonyl (C=O) groups is 1. The number of halogens is 1. The fraction of sp³-hybridized carbons (Fsp3) is 0.133. The molecular weight excluding hydrogens is 260 g/mol. The van der Waals surface area contributed by atoms with E-state index in [4.69, 9.17) is 11.6 Å². The van der Waals surface area contributed by atoms with E-state index in [1.165, 1.54) is 0 Å². The summed E-state index contributed by atoms with van der Waals surface area (Å²) in [5.41, 5.74) is 4.69. The van der Waals surface area contributed by atoms with E-state index < -0.39 is 0 Å². The molecule has 0 saturated heterocycles. The van der Waals surface area contributed by atoms with E-state index in [-0.39, 0.29) is 5.91 Å². The number of benzene rings is 2. The Morgan fingerprint density at radius 2 is 1.74 bits per heavy atom. The number of hydrogen-bond acceptors (Lipinski definition) is 2. The number of anilines is 1. The number of hydrogen-bond donors (Lipinski definition) is 1. The molecule has 0 aliphatic rings. The summed E-state index contributed by atoms with van der Waals surface area (Å²) in [6, 6.07) is 16.9. The molecule has 0 bridgehead atoms. The Morgan fingerprint density at radius 1 is 1.11 bits per heavy atom. The van der Waals surface area contributed by atoms with Gasteiger partial charge in [0.15, 0.2) is 0 Å². The molecule has 0 saturated carbocycles. The maximum absolute atomic E-state index is 11.9. The van der Waals surface area contributed by atoms with Crippen LogP contribution in [-0.2, 0) is 11.2 Å². The number of nitrogens with one attached hydrogen (secondary N) is 1. The van der Waals surface area contributed by atoms with Crippen molar-refractivity contribution in [2.75, 3.05) is 12.1 Å². The molecular formula is C15H15ClN2O. The molecule has 3 nitrogen and oxygen atoms in total. The molecule has 2 aromatic rings. The van der Waals surface area contributed by atoms with Crippen molar-refractivity contribution in [2.45, 2.75) is 6.42 Å². The molecule has 0 spiro atoms. The Morgan fingerprint density at radius 3 is 2.37 bits per heavy atom. The van der Waals surface area contributed by atoms with Gasteiger partial charge >= 0.3 is 0 Å². The number of carbonyl (C=O) groups excluding carboxylic acids is 1. The summed E-state index contributed by atoms with van der Waals surface area (Å²) in [5, 5.41) is 2.38. The van der Waals surface area contributed by atoms with Crippen LogP contribution < -0.4 is 10.4 Å². The molecule has 0 radical (unpaired) electrons. The summed E-state index contributed by atoms with van der Waals surface area (Å²) in [4.78, 5) is 11.9. The molecule has 98 valence electrons. The molecule has 0 unspecified atom stereocenters. The van der Waals surface area contributed by atoms with E-state index in [0.717, 1.165) is 11.3 Å². The van der Waals surface area contributed by atoms with Crippen molar-refractivity contribution >= 4 is 23.2 Å². The zero-order valence-electron chi connectivity index (χ0n) is 10.6. The summed E-state index contributed by atoms with van der Waals surface area (Å²) in [5.74, 6) is -0.0614. The second-order valence-electron chi connectivity index (χ2n) is 4.23. The highest BCUT2D eigenvalue weighted by molar-refractivity contribution is 6.30. The van der Waals surface area contributed by atoms with Crippen LogP contribution in [0.4, 0.5) is 5.69 Å². The van der Waals surface area contributed by atoms with Gasteiger partial charge in [0.2, 0.25) is 5.91 Å². The highest BCUT2D eigenvalue weighted by Crippen LogP contribution is 2.11. The zero-order valence-corrected chi connectivity index (χ0v) is 11.4. The topological polar surface area (TPSA) is 32.3 Å². The second-order valence-corrected chi connectivity index (χ2v) is 4.67. The van der Waals surface area contributed by atoms with Gasteiger partial charge < -0.3 is 0 Å². The van der Waals surface area contributed by atoms with Crippen molar-refractivity contribution in [3.8, 4) is 0 Å². The lowest BCUT2D eigenvalue weighted by atomic mass is 10.1. The summed E-state index contributed by atoms with van der Waals surface area (Å²) in [6.45, 7) is 0. The Hall–Kier alpha value is -2.00. The van der Waals surface area contributed by atoms with Crippen molar-refractivity contribution in [1.29, 1.82) is 0 Å². The molecule has 2 rings (SSSR count). The van der Waals surface area contributed by atoms with Gasteiger partial charge in [0, 0.05) is 12.1 Å². The third-order valence-electron chi connectivity index (χ3n) is 2.71. The molecule has 0 atom stereocenters. The molecule has 19 heavy (non-hydrogen) atoms. The van der Waals surface area contributed by atoms with Crippen molar-refractivity contribution in [3.05, 3.63) is 65.2 Å². The van der Waals surface area contributed by atoms with Gasteiger partial charge in [0.05, 0.1) is 12.1 Å². The summed E-state index contributed by atoms with van der Waals surface area (Å²) < 4.78 is 0. The molecule has 0 aliphatic heterocycles. The van der Waals surface area contributed by atoms with Crippen molar-refractivity contribution in [1.82, 2.24) is 5.43 Å². The highest BCUT2D eigenvalue weighted by Gasteiger charge is 2.06. The van der Waals surface area contributed by atoms with Gasteiger partial charge in [-0.15, -0.1) is 0 Å². The Kier molecular flexibility index (Phi) is 4.42. The quantitative estimate of drug-likeness (QED) is 0.869. The van der Waals surface area contributed by atoms with E-state index in [9.17, 15) is 4.79 Å². The van der Waals surface area contributed by atoms with Gasteiger partial charge in [-0.25, -0.2) is 0 Å². The van der Waals surface area contributed by atoms with Crippen LogP contribution in [0.25, 0.3) is 0 Å². The fourth-order valence-corrected chi connectivity index (χ4v) is 1.86. The van der Waals surface area contributed by atoms with Crippen LogP contribution in [0.5, 0.6) is 0 Å². The van der Waals surface area contributed by atoms with Crippen LogP contribution >= 0.6 is 11.6 Å². The normalized spacial score (nSPS) is 10.0. The van der Waals surface area contributed by atoms with E-state index in [1.54, 1.807) is 17.1 Å². The van der Waals surface area contributed by atoms with Gasteiger partial charge in [0.1, 0.15) is 0 Å². The largest absolute Gasteiger partial charge is 0.289 e. The first kappa shape index (κ1) is 13.4. The van der Waals surface area contributed by atoms with Crippen molar-refractivity contribution in [3.63, 3.8) is 0 Å². The molecule has 2 aromatic carbocycles. The van der Waals surface area contributed by atoms with Crippen molar-refractivity contribution in [2.24, 2.45) is 0 Å². The van der Waals surface area contributed by atoms with Crippen LogP contribution in [0.1, 0.15) is 5.56 Å². The molecule has 4 heteroatoms. The maximum Gasteiger partial charge on any atom is 0.242 e. The lowest BCUT2D eigenvalue weighted by molar-refractivity contribution is -0.120. The van der Waals surface area contributed by atoms with E-state index in [2.05, 4.69) is 5.43 Å². The fourth-order valence-electron chi connectivity index (χ4n) is 1.73. The first-order valence-electron chi connectivity index (χ1n) is 5.98. The monoisotopic (exact) mass is 274 g/mol. The minimum Gasteiger partial charge on any atom is -0.289 e. The van der Waals surface area contributed by atoms with Gasteiger partial charge in [-0.3, -0.25) is 15.2 Å². The maximum atomic E-state index is 11.9. The van der Waals surface area contributed by atoms with Gasteiger partial charge in [-0.1, -0.05) is 41.9 Å². The average Bonchev–Trinajstić information content (AvgIpc) is 2.42. The van der Waals surface area contributed by atoms with Crippen LogP contribution in [0, 0.1) is 0 Å². The van der Waals surface area contributed by atoms with Crippen LogP contribution in [0.2, 0.25) is 5.02 Å². The Bertz CT molecular complexity index is 540. The number of hydrazine groups is 1. The van der Waals surface area contributed by atoms with Crippen molar-refractivity contribution < 1.29 is 4.79 Å². The molecule has 0 aromatic heterocycles. The second kappa shape index (κ2) is 6.25. The number of para-hydroxylation sites is 1. The number of rotatable bonds is 4. The average molecular weight is 275 g/mol. The van der Waals surface area contributed by atoms with E-state index in [0.29, 0.717) is 11.4 Å². The van der Waals surface area contributed by atoms with Gasteiger partial charge in [0.25, 0.3) is 0 Å². The minimum atomic E-state index is -0.0614. The smallest absolute Gasteiger partial charge is 0.242 e. The van der Waals surface area contributed by atoms with Gasteiger partial charge in [-0.05, 0) is 29.8 Å². The lowest BCUT2D eigenvalue weighted by Gasteiger charge is -2.20. The predicted molar refractivity (Wildman–Crippen MR) is 78.1 cm³/mol. The highest BCUT2D eigenvalue weighted by atomic mass is 35.5. The third-order valence-corrected chi connectivity index (χ3v) is 2.97. The zero-order chi connectivity index (χ0) is 13.7. The Balaban J connectivity index is 1.93. The molecule has 1 amide bonds. The number of amides is 1. The number of nitrogens with zero attached hydrogens (tertiary/aromatic N) is 1. The molecule has 0 aliphatic carbocycles. The third kappa shape index (κ3) is 4.00. The SMILES string of the molecule is CN(NC(=O)Cc1ccc(Cl)cc1)c1ccccc1. The molecule has 0 fully saturated rings. The van der Waals surface area contributed by atoms with Gasteiger partial charge in [-0.2, -0.15) is 0 Å². The summed E-state index contributed by atoms with van der Waals surface area (Å²) >= 11 is 5.80. The Labute approximate surface area is 117 Å². The van der Waals surface area contributed by atoms with E-state index >= 15 is 0 Å². The van der Waals surface area contributed by atoms with Crippen LogP contribution in [-0.4, -0.2) is 13.0 Å². The first-order chi connectivity index (χ1) is 9.15. The lowest BCUT2D eigenvalue weighted by Crippen LogP contribution is -2.40. The summed E-state index contributed by atoms with van der Waals surface area (Å²) in [7, 11) is 1.81. The minimum absolute atomic E-state index is 0.0614. The molecule has 0 heterocycles. The van der Waals surface area contributed by atoms with Crippen LogP contribution in [0.15, 0.2) is 54.6 Å². The first-order valence-corrected chi connectivity index (χ1v) is 6.35.